The van der Waals surface area contributed by atoms with Crippen LogP contribution < -0.4 is 0 Å². The van der Waals surface area contributed by atoms with Crippen molar-refractivity contribution < 1.29 is 17.1 Å². The molecule has 0 N–H and O–H groups in total. The molecule has 0 saturated heterocycles. The molecule has 5 heteroatoms. The monoisotopic (exact) mass is 639 g/mol. The van der Waals surface area contributed by atoms with Gasteiger partial charge in [-0.15, -0.1) is 0 Å². The average molecular weight is 639 g/mol. The molecule has 0 aromatic rings. The topological polar surface area (TPSA) is 0 Å². The van der Waals surface area contributed by atoms with Gasteiger partial charge in [0.2, 0.25) is 0 Å². The molecule has 0 spiro atoms. The Hall–Kier alpha value is 3.89. The van der Waals surface area contributed by atoms with Crippen molar-refractivity contribution in [2.75, 3.05) is 0 Å². The van der Waals surface area contributed by atoms with Gasteiger partial charge in [-0.2, -0.15) is 0 Å². The third kappa shape index (κ3) is 18.1. The summed E-state index contributed by atoms with van der Waals surface area (Å²) in [6.07, 6.45) is 0. The Balaban J connectivity index is 0. The maximum atomic E-state index is 0. The summed E-state index contributed by atoms with van der Waals surface area (Å²) >= 11 is 0. The van der Waals surface area contributed by atoms with Gasteiger partial charge < -0.3 is 0 Å². The van der Waals surface area contributed by atoms with Crippen molar-refractivity contribution in [2.45, 2.75) is 0 Å². The first-order chi connectivity index (χ1) is 0. The van der Waals surface area contributed by atoms with Crippen molar-refractivity contribution in [3.63, 3.8) is 0 Å². The molecular formula is H11BiCuInSbSn. The van der Waals surface area contributed by atoms with E-state index in [4.69, 9.17) is 0 Å². The van der Waals surface area contributed by atoms with E-state index >= 15 is 0 Å². The SMILES string of the molecule is [BiH3].[Cu].[InH3].[SbH3].[SnH2]. The van der Waals surface area contributed by atoms with Crippen LogP contribution in [0.5, 0.6) is 0 Å². The summed E-state index contributed by atoms with van der Waals surface area (Å²) in [6, 6.07) is 0. The molecule has 39 valence electrons. The minimum absolute atomic E-state index is 0. The second-order valence-corrected chi connectivity index (χ2v) is 0. The molecule has 0 aromatic heterocycles. The van der Waals surface area contributed by atoms with Gasteiger partial charge in [0.25, 0.3) is 0 Å². The van der Waals surface area contributed by atoms with Crippen molar-refractivity contribution >= 4 is 100 Å². The van der Waals surface area contributed by atoms with Gasteiger partial charge in [0, 0.05) is 17.1 Å². The van der Waals surface area contributed by atoms with E-state index in [2.05, 4.69) is 0 Å². The van der Waals surface area contributed by atoms with Gasteiger partial charge in [0.15, 0.2) is 0 Å². The van der Waals surface area contributed by atoms with Crippen LogP contribution in [0.15, 0.2) is 0 Å². The third-order valence-electron chi connectivity index (χ3n) is 0. The molecule has 0 nitrogen and oxygen atoms in total. The standard InChI is InChI=1S/Bi.Cu.In.Sb.Sn.11H. The van der Waals surface area contributed by atoms with Gasteiger partial charge in [-0.1, -0.05) is 0 Å². The van der Waals surface area contributed by atoms with Gasteiger partial charge in [-0.05, 0) is 0 Å². The van der Waals surface area contributed by atoms with E-state index in [-0.39, 0.29) is 117 Å². The fourth-order valence-corrected chi connectivity index (χ4v) is 0. The summed E-state index contributed by atoms with van der Waals surface area (Å²) < 4.78 is 0. The molecule has 0 heterocycles. The number of hydrogen-bond acceptors (Lipinski definition) is 0. The van der Waals surface area contributed by atoms with Gasteiger partial charge >= 0.3 is 100 Å². The molecule has 0 fully saturated rings. The van der Waals surface area contributed by atoms with Crippen LogP contribution in [0.1, 0.15) is 0 Å². The Kier molecular flexibility index (Phi) is 181. The summed E-state index contributed by atoms with van der Waals surface area (Å²) in [4.78, 5) is 0. The van der Waals surface area contributed by atoms with Crippen LogP contribution in [0.3, 0.4) is 0 Å². The van der Waals surface area contributed by atoms with Crippen molar-refractivity contribution in [1.29, 1.82) is 0 Å². The second kappa shape index (κ2) is 24.8. The molecule has 0 saturated carbocycles. The minimum atomic E-state index is 0. The van der Waals surface area contributed by atoms with Crippen molar-refractivity contribution in [1.82, 2.24) is 0 Å². The zero-order chi connectivity index (χ0) is 0. The van der Waals surface area contributed by atoms with Gasteiger partial charge in [-0.3, -0.25) is 0 Å². The van der Waals surface area contributed by atoms with Crippen LogP contribution in [-0.4, -0.2) is 100 Å². The molecule has 0 atom stereocenters. The predicted octanol–water partition coefficient (Wildman–Crippen LogP) is -4.47. The van der Waals surface area contributed by atoms with Crippen LogP contribution >= 0.6 is 0 Å². The van der Waals surface area contributed by atoms with E-state index in [0.29, 0.717) is 0 Å². The van der Waals surface area contributed by atoms with E-state index in [1.54, 1.807) is 0 Å². The van der Waals surface area contributed by atoms with Crippen molar-refractivity contribution in [3.8, 4) is 0 Å². The molecular weight excluding hydrogens is 628 g/mol. The van der Waals surface area contributed by atoms with E-state index in [9.17, 15) is 0 Å². The van der Waals surface area contributed by atoms with Crippen LogP contribution in [-0.2, 0) is 17.1 Å². The molecule has 0 aliphatic carbocycles. The molecule has 0 amide bonds. The summed E-state index contributed by atoms with van der Waals surface area (Å²) in [5, 5.41) is 0. The van der Waals surface area contributed by atoms with Crippen molar-refractivity contribution in [2.24, 2.45) is 0 Å². The Labute approximate surface area is 115 Å². The van der Waals surface area contributed by atoms with Crippen LogP contribution in [0.25, 0.3) is 0 Å². The maximum absolute atomic E-state index is 0. The van der Waals surface area contributed by atoms with Crippen LogP contribution in [0.4, 0.5) is 0 Å². The van der Waals surface area contributed by atoms with Gasteiger partial charge in [0.05, 0.1) is 0 Å². The fourth-order valence-electron chi connectivity index (χ4n) is 0. The summed E-state index contributed by atoms with van der Waals surface area (Å²) in [7, 11) is 0. The Bertz CT molecular complexity index is 11.6. The van der Waals surface area contributed by atoms with Crippen LogP contribution in [0.2, 0.25) is 0 Å². The first-order valence-electron chi connectivity index (χ1n) is 0. The number of hydrogen-bond donors (Lipinski definition) is 0. The first kappa shape index (κ1) is 36.6. The third-order valence-corrected chi connectivity index (χ3v) is 0. The Morgan fingerprint density at radius 3 is 1.00 bits per heavy atom. The quantitative estimate of drug-likeness (QED) is 0.235. The molecule has 0 unspecified atom stereocenters. The molecule has 0 aliphatic rings. The molecule has 0 bridgehead atoms. The molecule has 0 aliphatic heterocycles. The Morgan fingerprint density at radius 2 is 1.00 bits per heavy atom. The zero-order valence-electron chi connectivity index (χ0n) is 2.42. The Morgan fingerprint density at radius 1 is 1.00 bits per heavy atom. The second-order valence-electron chi connectivity index (χ2n) is 0. The summed E-state index contributed by atoms with van der Waals surface area (Å²) in [6.45, 7) is 0. The molecule has 3 radical (unpaired) electrons. The van der Waals surface area contributed by atoms with Crippen LogP contribution in [0, 0.1) is 0 Å². The van der Waals surface area contributed by atoms with E-state index in [1.807, 2.05) is 0 Å². The summed E-state index contributed by atoms with van der Waals surface area (Å²) in [5.74, 6) is 0. The van der Waals surface area contributed by atoms with E-state index in [1.165, 1.54) is 0 Å². The molecule has 0 aromatic carbocycles. The fraction of sp³-hybridized carbons (Fsp3) is 0. The molecule has 0 rings (SSSR count). The normalized spacial score (nSPS) is 0. The predicted molar refractivity (Wildman–Crippen MR) is 38.4 cm³/mol. The average Bonchev–Trinajstić information content (AvgIpc) is 0. The summed E-state index contributed by atoms with van der Waals surface area (Å²) in [5.41, 5.74) is 0. The molecule has 5 heavy (non-hydrogen) atoms. The van der Waals surface area contributed by atoms with Crippen molar-refractivity contribution in [3.05, 3.63) is 0 Å². The van der Waals surface area contributed by atoms with E-state index in [0.717, 1.165) is 0 Å². The first-order valence-corrected chi connectivity index (χ1v) is 0. The van der Waals surface area contributed by atoms with Gasteiger partial charge in [0.1, 0.15) is 0 Å². The van der Waals surface area contributed by atoms with Gasteiger partial charge in [-0.25, -0.2) is 0 Å². The number of rotatable bonds is 0. The zero-order valence-corrected chi connectivity index (χ0v) is 16.9. The van der Waals surface area contributed by atoms with E-state index < -0.39 is 0 Å².